The highest BCUT2D eigenvalue weighted by Crippen LogP contribution is 2.33. The van der Waals surface area contributed by atoms with Crippen LogP contribution in [-0.2, 0) is 19.1 Å². The molecular weight excluding hydrogens is 415 g/mol. The zero-order valence-electron chi connectivity index (χ0n) is 16.0. The first-order valence-corrected chi connectivity index (χ1v) is 9.80. The normalized spacial score (nSPS) is 16.1. The number of carbonyl (C=O) groups excluding carboxylic acids is 3. The Kier molecular flexibility index (Phi) is 6.45. The van der Waals surface area contributed by atoms with E-state index >= 15 is 0 Å². The maximum absolute atomic E-state index is 12.3. The van der Waals surface area contributed by atoms with Crippen molar-refractivity contribution in [1.29, 1.82) is 0 Å². The van der Waals surface area contributed by atoms with Gasteiger partial charge in [-0.05, 0) is 37.6 Å². The molecular formula is C21H20Cl2N2O4. The second-order valence-electron chi connectivity index (χ2n) is 6.95. The van der Waals surface area contributed by atoms with Crippen molar-refractivity contribution in [2.75, 3.05) is 23.4 Å². The summed E-state index contributed by atoms with van der Waals surface area (Å²) in [6.45, 7) is 3.47. The molecule has 152 valence electrons. The van der Waals surface area contributed by atoms with Gasteiger partial charge in [-0.2, -0.15) is 0 Å². The van der Waals surface area contributed by atoms with Crippen LogP contribution in [0, 0.1) is 19.8 Å². The highest BCUT2D eigenvalue weighted by atomic mass is 35.5. The Hall–Kier alpha value is -2.57. The molecule has 29 heavy (non-hydrogen) atoms. The molecule has 0 unspecified atom stereocenters. The van der Waals surface area contributed by atoms with Crippen molar-refractivity contribution in [3.63, 3.8) is 0 Å². The predicted molar refractivity (Wildman–Crippen MR) is 112 cm³/mol. The summed E-state index contributed by atoms with van der Waals surface area (Å²) in [5.41, 5.74) is 2.84. The number of amides is 2. The van der Waals surface area contributed by atoms with Gasteiger partial charge in [0.2, 0.25) is 5.91 Å². The van der Waals surface area contributed by atoms with Gasteiger partial charge in [-0.25, -0.2) is 0 Å². The van der Waals surface area contributed by atoms with Crippen LogP contribution >= 0.6 is 23.2 Å². The molecule has 1 saturated heterocycles. The van der Waals surface area contributed by atoms with Crippen LogP contribution in [0.3, 0.4) is 0 Å². The molecule has 0 aliphatic carbocycles. The number of nitrogens with zero attached hydrogens (tertiary/aromatic N) is 1. The summed E-state index contributed by atoms with van der Waals surface area (Å²) in [7, 11) is 0. The molecule has 1 heterocycles. The summed E-state index contributed by atoms with van der Waals surface area (Å²) in [5, 5.41) is 3.17. The van der Waals surface area contributed by atoms with Gasteiger partial charge < -0.3 is 15.0 Å². The Morgan fingerprint density at radius 1 is 1.14 bits per heavy atom. The first-order valence-electron chi connectivity index (χ1n) is 9.04. The van der Waals surface area contributed by atoms with Crippen LogP contribution in [0.2, 0.25) is 10.0 Å². The van der Waals surface area contributed by atoms with Gasteiger partial charge in [0.1, 0.15) is 0 Å². The first kappa shape index (κ1) is 21.1. The highest BCUT2D eigenvalue weighted by molar-refractivity contribution is 6.40. The number of esters is 1. The molecule has 0 radical (unpaired) electrons. The maximum atomic E-state index is 12.3. The number of hydrogen-bond acceptors (Lipinski definition) is 4. The summed E-state index contributed by atoms with van der Waals surface area (Å²) in [6.07, 6.45) is 0.0455. The SMILES string of the molecule is Cc1ccc(N2C[C@H](C(=O)OCC(=O)Nc3c(Cl)ccc(C)c3Cl)CC2=O)cc1. The number of aryl methyl sites for hydroxylation is 2. The van der Waals surface area contributed by atoms with E-state index in [1.807, 2.05) is 31.2 Å². The molecule has 6 nitrogen and oxygen atoms in total. The van der Waals surface area contributed by atoms with E-state index < -0.39 is 24.4 Å². The average Bonchev–Trinajstić information content (AvgIpc) is 3.08. The number of nitrogens with one attached hydrogen (secondary N) is 1. The van der Waals surface area contributed by atoms with Gasteiger partial charge in [-0.3, -0.25) is 14.4 Å². The molecule has 1 atom stereocenters. The van der Waals surface area contributed by atoms with E-state index in [-0.39, 0.29) is 29.6 Å². The van der Waals surface area contributed by atoms with E-state index in [4.69, 9.17) is 27.9 Å². The Morgan fingerprint density at radius 2 is 1.83 bits per heavy atom. The van der Waals surface area contributed by atoms with Crippen LogP contribution in [0.4, 0.5) is 11.4 Å². The zero-order chi connectivity index (χ0) is 21.1. The number of carbonyl (C=O) groups is 3. The lowest BCUT2D eigenvalue weighted by Crippen LogP contribution is -2.28. The van der Waals surface area contributed by atoms with Crippen LogP contribution < -0.4 is 10.2 Å². The van der Waals surface area contributed by atoms with E-state index in [1.165, 1.54) is 0 Å². The minimum absolute atomic E-state index is 0.0455. The fraction of sp³-hybridized carbons (Fsp3) is 0.286. The topological polar surface area (TPSA) is 75.7 Å². The largest absolute Gasteiger partial charge is 0.455 e. The summed E-state index contributed by atoms with van der Waals surface area (Å²) < 4.78 is 5.11. The predicted octanol–water partition coefficient (Wildman–Crippen LogP) is 4.15. The van der Waals surface area contributed by atoms with Crippen molar-refractivity contribution in [2.24, 2.45) is 5.92 Å². The molecule has 1 aliphatic rings. The quantitative estimate of drug-likeness (QED) is 0.717. The van der Waals surface area contributed by atoms with E-state index in [9.17, 15) is 14.4 Å². The molecule has 2 aromatic rings. The Bertz CT molecular complexity index is 960. The first-order chi connectivity index (χ1) is 13.8. The molecule has 0 bridgehead atoms. The van der Waals surface area contributed by atoms with E-state index in [1.54, 1.807) is 24.0 Å². The van der Waals surface area contributed by atoms with Crippen LogP contribution in [0.15, 0.2) is 36.4 Å². The van der Waals surface area contributed by atoms with Crippen molar-refractivity contribution < 1.29 is 19.1 Å². The molecule has 3 rings (SSSR count). The van der Waals surface area contributed by atoms with Crippen LogP contribution in [0.1, 0.15) is 17.5 Å². The third-order valence-corrected chi connectivity index (χ3v) is 5.50. The summed E-state index contributed by atoms with van der Waals surface area (Å²) in [5.74, 6) is -1.93. The minimum Gasteiger partial charge on any atom is -0.455 e. The molecule has 0 spiro atoms. The molecule has 0 aromatic heterocycles. The Morgan fingerprint density at radius 3 is 2.52 bits per heavy atom. The van der Waals surface area contributed by atoms with Crippen molar-refractivity contribution in [3.05, 3.63) is 57.6 Å². The standard InChI is InChI=1S/C21H20Cl2N2O4/c1-12-3-6-15(7-4-12)25-10-14(9-18(25)27)21(28)29-11-17(26)24-20-16(22)8-5-13(2)19(20)23/h3-8,14H,9-11H2,1-2H3,(H,24,26)/t14-/m1/s1. The monoisotopic (exact) mass is 434 g/mol. The smallest absolute Gasteiger partial charge is 0.311 e. The van der Waals surface area contributed by atoms with Gasteiger partial charge in [0.15, 0.2) is 6.61 Å². The van der Waals surface area contributed by atoms with Crippen LogP contribution in [-0.4, -0.2) is 30.9 Å². The van der Waals surface area contributed by atoms with Gasteiger partial charge in [0, 0.05) is 18.7 Å². The maximum Gasteiger partial charge on any atom is 0.311 e. The van der Waals surface area contributed by atoms with E-state index in [0.717, 1.165) is 16.8 Å². The minimum atomic E-state index is -0.622. The number of anilines is 2. The van der Waals surface area contributed by atoms with Crippen molar-refractivity contribution in [1.82, 2.24) is 0 Å². The van der Waals surface area contributed by atoms with Gasteiger partial charge in [0.25, 0.3) is 5.91 Å². The number of halogens is 2. The van der Waals surface area contributed by atoms with Gasteiger partial charge >= 0.3 is 5.97 Å². The zero-order valence-corrected chi connectivity index (χ0v) is 17.5. The highest BCUT2D eigenvalue weighted by Gasteiger charge is 2.36. The third kappa shape index (κ3) is 4.89. The summed E-state index contributed by atoms with van der Waals surface area (Å²) >= 11 is 12.2. The summed E-state index contributed by atoms with van der Waals surface area (Å²) in [6, 6.07) is 10.8. The second-order valence-corrected chi connectivity index (χ2v) is 7.74. The molecule has 1 fully saturated rings. The molecule has 2 aromatic carbocycles. The average molecular weight is 435 g/mol. The lowest BCUT2D eigenvalue weighted by atomic mass is 10.1. The van der Waals surface area contributed by atoms with Crippen molar-refractivity contribution >= 4 is 52.4 Å². The van der Waals surface area contributed by atoms with Gasteiger partial charge in [-0.15, -0.1) is 0 Å². The molecule has 8 heteroatoms. The van der Waals surface area contributed by atoms with Crippen LogP contribution in [0.5, 0.6) is 0 Å². The lowest BCUT2D eigenvalue weighted by Gasteiger charge is -2.16. The number of hydrogen-bond donors (Lipinski definition) is 1. The second kappa shape index (κ2) is 8.84. The van der Waals surface area contributed by atoms with Crippen LogP contribution in [0.25, 0.3) is 0 Å². The third-order valence-electron chi connectivity index (χ3n) is 4.70. The number of rotatable bonds is 5. The fourth-order valence-electron chi connectivity index (χ4n) is 3.04. The lowest BCUT2D eigenvalue weighted by molar-refractivity contribution is -0.151. The van der Waals surface area contributed by atoms with Gasteiger partial charge in [0.05, 0.1) is 21.7 Å². The molecule has 2 amide bonds. The number of ether oxygens (including phenoxy) is 1. The van der Waals surface area contributed by atoms with Crippen molar-refractivity contribution in [2.45, 2.75) is 20.3 Å². The molecule has 1 N–H and O–H groups in total. The number of benzene rings is 2. The Labute approximate surface area is 178 Å². The van der Waals surface area contributed by atoms with E-state index in [2.05, 4.69) is 5.32 Å². The van der Waals surface area contributed by atoms with Gasteiger partial charge in [-0.1, -0.05) is 47.0 Å². The molecule has 0 saturated carbocycles. The fourth-order valence-corrected chi connectivity index (χ4v) is 3.51. The van der Waals surface area contributed by atoms with E-state index in [0.29, 0.717) is 5.02 Å². The summed E-state index contributed by atoms with van der Waals surface area (Å²) in [4.78, 5) is 38.3. The Balaban J connectivity index is 1.56. The van der Waals surface area contributed by atoms with Crippen molar-refractivity contribution in [3.8, 4) is 0 Å². The molecule has 1 aliphatic heterocycles.